The minimum Gasteiger partial charge on any atom is -0.457 e. The van der Waals surface area contributed by atoms with E-state index in [9.17, 15) is 4.79 Å². The van der Waals surface area contributed by atoms with Crippen LogP contribution in [0.4, 0.5) is 0 Å². The summed E-state index contributed by atoms with van der Waals surface area (Å²) in [5, 5.41) is 0. The molecule has 0 aromatic heterocycles. The standard InChI is InChI=1S/C21H16Br2O2S/c22-17-9-5-15(6-10-17)13-25-21(24)19-3-1-2-4-20(19)26-14-16-7-11-18(23)12-8-16/h1-12H,13-14H2. The summed E-state index contributed by atoms with van der Waals surface area (Å²) in [7, 11) is 0. The lowest BCUT2D eigenvalue weighted by Gasteiger charge is -2.10. The van der Waals surface area contributed by atoms with Gasteiger partial charge in [-0.3, -0.25) is 0 Å². The maximum atomic E-state index is 12.5. The molecule has 3 rings (SSSR count). The van der Waals surface area contributed by atoms with Gasteiger partial charge in [0.2, 0.25) is 0 Å². The van der Waals surface area contributed by atoms with Crippen LogP contribution in [0.5, 0.6) is 0 Å². The van der Waals surface area contributed by atoms with Crippen molar-refractivity contribution < 1.29 is 9.53 Å². The van der Waals surface area contributed by atoms with E-state index < -0.39 is 0 Å². The van der Waals surface area contributed by atoms with Gasteiger partial charge in [-0.05, 0) is 47.5 Å². The van der Waals surface area contributed by atoms with E-state index in [0.717, 1.165) is 25.2 Å². The molecule has 3 aromatic carbocycles. The first-order valence-electron chi connectivity index (χ1n) is 7.99. The quantitative estimate of drug-likeness (QED) is 0.278. The predicted molar refractivity (Wildman–Crippen MR) is 113 cm³/mol. The monoisotopic (exact) mass is 490 g/mol. The van der Waals surface area contributed by atoms with E-state index >= 15 is 0 Å². The third-order valence-electron chi connectivity index (χ3n) is 3.70. The van der Waals surface area contributed by atoms with Crippen LogP contribution in [0.15, 0.2) is 86.6 Å². The Kier molecular flexibility index (Phi) is 6.94. The smallest absolute Gasteiger partial charge is 0.339 e. The van der Waals surface area contributed by atoms with Crippen LogP contribution in [-0.4, -0.2) is 5.97 Å². The van der Waals surface area contributed by atoms with Crippen molar-refractivity contribution in [3.05, 3.63) is 98.4 Å². The summed E-state index contributed by atoms with van der Waals surface area (Å²) in [6.07, 6.45) is 0. The summed E-state index contributed by atoms with van der Waals surface area (Å²) < 4.78 is 7.55. The summed E-state index contributed by atoms with van der Waals surface area (Å²) in [5.74, 6) is 0.497. The minimum atomic E-state index is -0.299. The zero-order valence-electron chi connectivity index (χ0n) is 13.8. The molecule has 132 valence electrons. The molecule has 0 amide bonds. The lowest BCUT2D eigenvalue weighted by Crippen LogP contribution is -2.06. The average molecular weight is 492 g/mol. The van der Waals surface area contributed by atoms with Gasteiger partial charge in [-0.25, -0.2) is 4.79 Å². The number of carbonyl (C=O) groups is 1. The number of halogens is 2. The Labute approximate surface area is 174 Å². The number of hydrogen-bond acceptors (Lipinski definition) is 3. The zero-order chi connectivity index (χ0) is 18.4. The normalized spacial score (nSPS) is 10.5. The summed E-state index contributed by atoms with van der Waals surface area (Å²) in [6, 6.07) is 23.5. The van der Waals surface area contributed by atoms with E-state index in [1.54, 1.807) is 11.8 Å². The fourth-order valence-electron chi connectivity index (χ4n) is 2.31. The molecule has 0 saturated heterocycles. The second-order valence-electron chi connectivity index (χ2n) is 5.61. The van der Waals surface area contributed by atoms with Gasteiger partial charge < -0.3 is 4.74 Å². The van der Waals surface area contributed by atoms with Crippen LogP contribution in [0.25, 0.3) is 0 Å². The molecule has 0 radical (unpaired) electrons. The lowest BCUT2D eigenvalue weighted by atomic mass is 10.2. The van der Waals surface area contributed by atoms with Crippen molar-refractivity contribution in [1.82, 2.24) is 0 Å². The molecule has 0 aliphatic carbocycles. The molecule has 3 aromatic rings. The molecule has 0 saturated carbocycles. The Morgan fingerprint density at radius 2 is 1.38 bits per heavy atom. The molecule has 0 bridgehead atoms. The summed E-state index contributed by atoms with van der Waals surface area (Å²) in [6.45, 7) is 0.262. The topological polar surface area (TPSA) is 26.3 Å². The van der Waals surface area contributed by atoms with E-state index in [2.05, 4.69) is 44.0 Å². The highest BCUT2D eigenvalue weighted by molar-refractivity contribution is 9.10. The van der Waals surface area contributed by atoms with Crippen LogP contribution >= 0.6 is 43.6 Å². The van der Waals surface area contributed by atoms with E-state index in [0.29, 0.717) is 5.56 Å². The Balaban J connectivity index is 1.64. The highest BCUT2D eigenvalue weighted by Crippen LogP contribution is 2.27. The van der Waals surface area contributed by atoms with Gasteiger partial charge in [0.1, 0.15) is 6.61 Å². The van der Waals surface area contributed by atoms with Crippen molar-refractivity contribution in [2.24, 2.45) is 0 Å². The number of carbonyl (C=O) groups excluding carboxylic acids is 1. The number of benzene rings is 3. The van der Waals surface area contributed by atoms with Crippen molar-refractivity contribution in [2.45, 2.75) is 17.3 Å². The van der Waals surface area contributed by atoms with Crippen LogP contribution in [0, 0.1) is 0 Å². The molecular weight excluding hydrogens is 476 g/mol. The molecule has 0 spiro atoms. The summed E-state index contributed by atoms with van der Waals surface area (Å²) in [4.78, 5) is 13.4. The SMILES string of the molecule is O=C(OCc1ccc(Br)cc1)c1ccccc1SCc1ccc(Br)cc1. The molecule has 5 heteroatoms. The van der Waals surface area contributed by atoms with Gasteiger partial charge in [-0.2, -0.15) is 0 Å². The molecule has 0 atom stereocenters. The summed E-state index contributed by atoms with van der Waals surface area (Å²) in [5.41, 5.74) is 2.77. The number of thioether (sulfide) groups is 1. The Bertz CT molecular complexity index is 877. The molecule has 0 heterocycles. The third kappa shape index (κ3) is 5.47. The fourth-order valence-corrected chi connectivity index (χ4v) is 3.84. The van der Waals surface area contributed by atoms with Crippen molar-refractivity contribution in [2.75, 3.05) is 0 Å². The molecule has 0 aliphatic heterocycles. The number of esters is 1. The van der Waals surface area contributed by atoms with Crippen molar-refractivity contribution >= 4 is 49.6 Å². The average Bonchev–Trinajstić information content (AvgIpc) is 2.67. The van der Waals surface area contributed by atoms with E-state index in [1.165, 1.54) is 5.56 Å². The third-order valence-corrected chi connectivity index (χ3v) is 5.90. The number of rotatable bonds is 6. The van der Waals surface area contributed by atoms with Gasteiger partial charge in [0.15, 0.2) is 0 Å². The second-order valence-corrected chi connectivity index (χ2v) is 8.46. The lowest BCUT2D eigenvalue weighted by molar-refractivity contribution is 0.0468. The Morgan fingerprint density at radius 1 is 0.808 bits per heavy atom. The Morgan fingerprint density at radius 3 is 2.04 bits per heavy atom. The highest BCUT2D eigenvalue weighted by atomic mass is 79.9. The van der Waals surface area contributed by atoms with Crippen molar-refractivity contribution in [1.29, 1.82) is 0 Å². The van der Waals surface area contributed by atoms with Gasteiger partial charge in [-0.15, -0.1) is 11.8 Å². The molecule has 0 unspecified atom stereocenters. The first-order chi connectivity index (χ1) is 12.6. The second kappa shape index (κ2) is 9.40. The van der Waals surface area contributed by atoms with Crippen molar-refractivity contribution in [3.63, 3.8) is 0 Å². The van der Waals surface area contributed by atoms with Gasteiger partial charge in [-0.1, -0.05) is 68.3 Å². The van der Waals surface area contributed by atoms with Crippen molar-refractivity contribution in [3.8, 4) is 0 Å². The number of ether oxygens (including phenoxy) is 1. The molecular formula is C21H16Br2O2S. The molecule has 2 nitrogen and oxygen atoms in total. The van der Waals surface area contributed by atoms with E-state index in [-0.39, 0.29) is 12.6 Å². The molecule has 0 N–H and O–H groups in total. The first-order valence-corrected chi connectivity index (χ1v) is 10.6. The number of hydrogen-bond donors (Lipinski definition) is 0. The maximum absolute atomic E-state index is 12.5. The van der Waals surface area contributed by atoms with Crippen LogP contribution in [-0.2, 0) is 17.1 Å². The maximum Gasteiger partial charge on any atom is 0.339 e. The highest BCUT2D eigenvalue weighted by Gasteiger charge is 2.13. The van der Waals surface area contributed by atoms with Gasteiger partial charge in [0, 0.05) is 19.6 Å². The molecule has 0 fully saturated rings. The molecule has 26 heavy (non-hydrogen) atoms. The van der Waals surface area contributed by atoms with E-state index in [1.807, 2.05) is 60.7 Å². The van der Waals surface area contributed by atoms with Crippen LogP contribution in [0.1, 0.15) is 21.5 Å². The van der Waals surface area contributed by atoms with Crippen LogP contribution < -0.4 is 0 Å². The largest absolute Gasteiger partial charge is 0.457 e. The van der Waals surface area contributed by atoms with Gasteiger partial charge >= 0.3 is 5.97 Å². The van der Waals surface area contributed by atoms with Crippen LogP contribution in [0.2, 0.25) is 0 Å². The predicted octanol–water partition coefficient (Wildman–Crippen LogP) is 6.86. The van der Waals surface area contributed by atoms with E-state index in [4.69, 9.17) is 4.74 Å². The van der Waals surface area contributed by atoms with Gasteiger partial charge in [0.05, 0.1) is 5.56 Å². The summed E-state index contributed by atoms with van der Waals surface area (Å²) >= 11 is 8.48. The first kappa shape index (κ1) is 19.2. The zero-order valence-corrected chi connectivity index (χ0v) is 17.8. The molecule has 0 aliphatic rings. The van der Waals surface area contributed by atoms with Gasteiger partial charge in [0.25, 0.3) is 0 Å². The minimum absolute atomic E-state index is 0.262. The Hall–Kier alpha value is -1.56. The van der Waals surface area contributed by atoms with Crippen LogP contribution in [0.3, 0.4) is 0 Å². The fraction of sp³-hybridized carbons (Fsp3) is 0.0952.